The SMILES string of the molecule is CC(=O)C[C@@H](c1ccccc1)C(C)C. The highest BCUT2D eigenvalue weighted by Gasteiger charge is 2.16. The average Bonchev–Trinajstić information content (AvgIpc) is 2.15. The van der Waals surface area contributed by atoms with Gasteiger partial charge in [-0.1, -0.05) is 44.2 Å². The monoisotopic (exact) mass is 190 g/mol. The fourth-order valence-corrected chi connectivity index (χ4v) is 1.75. The molecule has 0 aliphatic rings. The van der Waals surface area contributed by atoms with Crippen molar-refractivity contribution in [2.75, 3.05) is 0 Å². The van der Waals surface area contributed by atoms with Crippen molar-refractivity contribution >= 4 is 5.78 Å². The number of rotatable bonds is 4. The number of benzene rings is 1. The van der Waals surface area contributed by atoms with Crippen LogP contribution in [0.1, 0.15) is 38.7 Å². The summed E-state index contributed by atoms with van der Waals surface area (Å²) in [5.74, 6) is 1.16. The maximum absolute atomic E-state index is 11.1. The van der Waals surface area contributed by atoms with Gasteiger partial charge in [-0.05, 0) is 24.3 Å². The van der Waals surface area contributed by atoms with E-state index in [0.717, 1.165) is 0 Å². The molecule has 0 spiro atoms. The van der Waals surface area contributed by atoms with E-state index < -0.39 is 0 Å². The minimum absolute atomic E-state index is 0.271. The Balaban J connectivity index is 2.83. The van der Waals surface area contributed by atoms with Gasteiger partial charge in [0, 0.05) is 6.42 Å². The van der Waals surface area contributed by atoms with E-state index in [1.54, 1.807) is 6.92 Å². The summed E-state index contributed by atoms with van der Waals surface area (Å²) in [6, 6.07) is 10.3. The first-order valence-electron chi connectivity index (χ1n) is 5.15. The molecule has 0 saturated heterocycles. The van der Waals surface area contributed by atoms with Gasteiger partial charge in [-0.3, -0.25) is 0 Å². The van der Waals surface area contributed by atoms with Gasteiger partial charge in [-0.2, -0.15) is 0 Å². The van der Waals surface area contributed by atoms with Gasteiger partial charge in [-0.25, -0.2) is 0 Å². The second-order valence-corrected chi connectivity index (χ2v) is 4.17. The lowest BCUT2D eigenvalue weighted by Crippen LogP contribution is -2.10. The number of hydrogen-bond donors (Lipinski definition) is 0. The molecule has 14 heavy (non-hydrogen) atoms. The van der Waals surface area contributed by atoms with E-state index in [2.05, 4.69) is 26.0 Å². The van der Waals surface area contributed by atoms with Gasteiger partial charge in [-0.15, -0.1) is 0 Å². The number of carbonyl (C=O) groups is 1. The maximum atomic E-state index is 11.1. The summed E-state index contributed by atoms with van der Waals surface area (Å²) >= 11 is 0. The summed E-state index contributed by atoms with van der Waals surface area (Å²) in [6.07, 6.45) is 0.654. The quantitative estimate of drug-likeness (QED) is 0.711. The number of hydrogen-bond acceptors (Lipinski definition) is 1. The predicted octanol–water partition coefficient (Wildman–Crippen LogP) is 3.41. The first-order chi connectivity index (χ1) is 6.61. The van der Waals surface area contributed by atoms with Crippen LogP contribution in [0.4, 0.5) is 0 Å². The Hall–Kier alpha value is -1.11. The van der Waals surface area contributed by atoms with Crippen molar-refractivity contribution in [3.63, 3.8) is 0 Å². The zero-order valence-corrected chi connectivity index (χ0v) is 9.16. The molecule has 0 saturated carbocycles. The van der Waals surface area contributed by atoms with Crippen LogP contribution >= 0.6 is 0 Å². The molecule has 0 radical (unpaired) electrons. The third-order valence-electron chi connectivity index (χ3n) is 2.54. The van der Waals surface area contributed by atoms with Crippen molar-refractivity contribution in [1.82, 2.24) is 0 Å². The largest absolute Gasteiger partial charge is 0.300 e. The van der Waals surface area contributed by atoms with Gasteiger partial charge in [0.25, 0.3) is 0 Å². The summed E-state index contributed by atoms with van der Waals surface area (Å²) in [5, 5.41) is 0. The second kappa shape index (κ2) is 4.94. The summed E-state index contributed by atoms with van der Waals surface area (Å²) in [6.45, 7) is 6.00. The molecule has 0 aliphatic carbocycles. The molecule has 76 valence electrons. The van der Waals surface area contributed by atoms with E-state index in [9.17, 15) is 4.79 Å². The van der Waals surface area contributed by atoms with Gasteiger partial charge in [0.1, 0.15) is 5.78 Å². The number of ketones is 1. The molecule has 0 aromatic heterocycles. The minimum Gasteiger partial charge on any atom is -0.300 e. The van der Waals surface area contributed by atoms with Crippen molar-refractivity contribution in [3.05, 3.63) is 35.9 Å². The lowest BCUT2D eigenvalue weighted by atomic mass is 9.85. The van der Waals surface area contributed by atoms with Crippen LogP contribution in [0.25, 0.3) is 0 Å². The zero-order chi connectivity index (χ0) is 10.6. The number of carbonyl (C=O) groups excluding carboxylic acids is 1. The fourth-order valence-electron chi connectivity index (χ4n) is 1.75. The molecule has 0 N–H and O–H groups in total. The Bertz CT molecular complexity index is 287. The van der Waals surface area contributed by atoms with Crippen LogP contribution in [0.3, 0.4) is 0 Å². The van der Waals surface area contributed by atoms with Crippen LogP contribution in [0.2, 0.25) is 0 Å². The van der Waals surface area contributed by atoms with Gasteiger partial charge in [0.05, 0.1) is 0 Å². The van der Waals surface area contributed by atoms with Crippen molar-refractivity contribution in [2.24, 2.45) is 5.92 Å². The third-order valence-corrected chi connectivity index (χ3v) is 2.54. The molecular weight excluding hydrogens is 172 g/mol. The molecule has 1 heteroatoms. The number of Topliss-reactive ketones (excluding diaryl/α,β-unsaturated/α-hetero) is 1. The standard InChI is InChI=1S/C13H18O/c1-10(2)13(9-11(3)14)12-7-5-4-6-8-12/h4-8,10,13H,9H2,1-3H3/t13-/m1/s1. The molecule has 1 atom stereocenters. The Morgan fingerprint density at radius 3 is 2.21 bits per heavy atom. The molecular formula is C13H18O. The lowest BCUT2D eigenvalue weighted by molar-refractivity contribution is -0.117. The van der Waals surface area contributed by atoms with Crippen LogP contribution in [-0.4, -0.2) is 5.78 Å². The molecule has 1 nitrogen and oxygen atoms in total. The summed E-state index contributed by atoms with van der Waals surface area (Å²) < 4.78 is 0. The molecule has 1 rings (SSSR count). The second-order valence-electron chi connectivity index (χ2n) is 4.17. The summed E-state index contributed by atoms with van der Waals surface area (Å²) in [4.78, 5) is 11.1. The third kappa shape index (κ3) is 2.99. The van der Waals surface area contributed by atoms with Crippen molar-refractivity contribution < 1.29 is 4.79 Å². The summed E-state index contributed by atoms with van der Waals surface area (Å²) in [7, 11) is 0. The highest BCUT2D eigenvalue weighted by atomic mass is 16.1. The van der Waals surface area contributed by atoms with Gasteiger partial charge in [0.15, 0.2) is 0 Å². The van der Waals surface area contributed by atoms with E-state index in [-0.39, 0.29) is 5.78 Å². The molecule has 0 unspecified atom stereocenters. The highest BCUT2D eigenvalue weighted by Crippen LogP contribution is 2.27. The Kier molecular flexibility index (Phi) is 3.87. The van der Waals surface area contributed by atoms with Crippen molar-refractivity contribution in [2.45, 2.75) is 33.1 Å². The Morgan fingerprint density at radius 1 is 1.21 bits per heavy atom. The van der Waals surface area contributed by atoms with E-state index in [1.807, 2.05) is 18.2 Å². The first-order valence-corrected chi connectivity index (χ1v) is 5.15. The van der Waals surface area contributed by atoms with E-state index in [0.29, 0.717) is 18.3 Å². The molecule has 0 fully saturated rings. The van der Waals surface area contributed by atoms with Gasteiger partial charge in [0.2, 0.25) is 0 Å². The lowest BCUT2D eigenvalue weighted by Gasteiger charge is -2.19. The molecule has 0 bridgehead atoms. The van der Waals surface area contributed by atoms with E-state index in [4.69, 9.17) is 0 Å². The molecule has 1 aromatic rings. The topological polar surface area (TPSA) is 17.1 Å². The van der Waals surface area contributed by atoms with Crippen LogP contribution in [0.5, 0.6) is 0 Å². The van der Waals surface area contributed by atoms with Gasteiger partial charge >= 0.3 is 0 Å². The smallest absolute Gasteiger partial charge is 0.130 e. The molecule has 0 aliphatic heterocycles. The van der Waals surface area contributed by atoms with E-state index in [1.165, 1.54) is 5.56 Å². The molecule has 0 amide bonds. The first kappa shape index (κ1) is 11.0. The van der Waals surface area contributed by atoms with Crippen molar-refractivity contribution in [3.8, 4) is 0 Å². The Morgan fingerprint density at radius 2 is 1.79 bits per heavy atom. The average molecular weight is 190 g/mol. The summed E-state index contributed by atoms with van der Waals surface area (Å²) in [5.41, 5.74) is 1.28. The van der Waals surface area contributed by atoms with Crippen molar-refractivity contribution in [1.29, 1.82) is 0 Å². The predicted molar refractivity (Wildman–Crippen MR) is 59.3 cm³/mol. The van der Waals surface area contributed by atoms with Crippen LogP contribution < -0.4 is 0 Å². The van der Waals surface area contributed by atoms with E-state index >= 15 is 0 Å². The molecule has 1 aromatic carbocycles. The highest BCUT2D eigenvalue weighted by molar-refractivity contribution is 5.76. The Labute approximate surface area is 86.1 Å². The minimum atomic E-state index is 0.271. The normalized spacial score (nSPS) is 12.9. The molecule has 0 heterocycles. The maximum Gasteiger partial charge on any atom is 0.130 e. The van der Waals surface area contributed by atoms with Crippen LogP contribution in [-0.2, 0) is 4.79 Å². The van der Waals surface area contributed by atoms with Crippen LogP contribution in [0.15, 0.2) is 30.3 Å². The van der Waals surface area contributed by atoms with Gasteiger partial charge < -0.3 is 4.79 Å². The van der Waals surface area contributed by atoms with Crippen LogP contribution in [0, 0.1) is 5.92 Å². The zero-order valence-electron chi connectivity index (χ0n) is 9.16. The fraction of sp³-hybridized carbons (Fsp3) is 0.462.